The molecule has 0 saturated carbocycles. The monoisotopic (exact) mass is 266 g/mol. The third-order valence-electron chi connectivity index (χ3n) is 2.33. The van der Waals surface area contributed by atoms with Gasteiger partial charge in [0.05, 0.1) is 11.9 Å². The third kappa shape index (κ3) is 3.83. The van der Waals surface area contributed by atoms with E-state index in [0.717, 1.165) is 0 Å². The maximum absolute atomic E-state index is 12.6. The zero-order chi connectivity index (χ0) is 13.8. The lowest BCUT2D eigenvalue weighted by molar-refractivity contribution is -0.148. The molecule has 3 nitrogen and oxygen atoms in total. The Hall–Kier alpha value is -1.37. The zero-order valence-corrected chi connectivity index (χ0v) is 9.75. The van der Waals surface area contributed by atoms with Gasteiger partial charge in [-0.2, -0.15) is 8.78 Å². The molecule has 1 rings (SSSR count). The number of rotatable bonds is 6. The van der Waals surface area contributed by atoms with Crippen LogP contribution < -0.4 is 10.5 Å². The fourth-order valence-corrected chi connectivity index (χ4v) is 1.15. The first kappa shape index (κ1) is 14.7. The van der Waals surface area contributed by atoms with Gasteiger partial charge in [-0.25, -0.2) is 8.78 Å². The number of halogens is 4. The molecule has 1 aromatic rings. The second kappa shape index (κ2) is 5.99. The molecule has 18 heavy (non-hydrogen) atoms. The average molecular weight is 266 g/mol. The molecule has 0 saturated heterocycles. The molecule has 0 aliphatic carbocycles. The molecule has 0 aliphatic rings. The highest BCUT2D eigenvalue weighted by Gasteiger charge is 2.41. The first-order valence-corrected chi connectivity index (χ1v) is 5.37. The number of ether oxygens (including phenoxy) is 1. The number of aromatic nitrogens is 1. The van der Waals surface area contributed by atoms with Gasteiger partial charge < -0.3 is 10.5 Å². The largest absolute Gasteiger partial charge is 0.485 e. The molecule has 0 radical (unpaired) electrons. The van der Waals surface area contributed by atoms with Crippen molar-refractivity contribution >= 4 is 0 Å². The Morgan fingerprint density at radius 2 is 2.06 bits per heavy atom. The number of alkyl halides is 4. The number of hydrogen-bond acceptors (Lipinski definition) is 3. The summed E-state index contributed by atoms with van der Waals surface area (Å²) >= 11 is 0. The van der Waals surface area contributed by atoms with Gasteiger partial charge in [-0.3, -0.25) is 4.98 Å². The summed E-state index contributed by atoms with van der Waals surface area (Å²) in [5.74, 6) is -4.17. The van der Waals surface area contributed by atoms with Crippen LogP contribution >= 0.6 is 0 Å². The van der Waals surface area contributed by atoms with Crippen molar-refractivity contribution in [3.63, 3.8) is 0 Å². The van der Waals surface area contributed by atoms with E-state index in [9.17, 15) is 17.6 Å². The normalized spacial score (nSPS) is 13.7. The minimum atomic E-state index is -4.17. The summed E-state index contributed by atoms with van der Waals surface area (Å²) in [5.41, 5.74) is 6.29. The topological polar surface area (TPSA) is 48.1 Å². The first-order valence-electron chi connectivity index (χ1n) is 5.37. The summed E-state index contributed by atoms with van der Waals surface area (Å²) in [6.45, 7) is 0.492. The molecule has 1 unspecified atom stereocenters. The van der Waals surface area contributed by atoms with Gasteiger partial charge >= 0.3 is 12.3 Å². The van der Waals surface area contributed by atoms with Gasteiger partial charge in [0.25, 0.3) is 0 Å². The highest BCUT2D eigenvalue weighted by molar-refractivity contribution is 5.21. The van der Waals surface area contributed by atoms with E-state index in [4.69, 9.17) is 5.73 Å². The van der Waals surface area contributed by atoms with Crippen LogP contribution in [0.5, 0.6) is 5.75 Å². The SMILES string of the molecule is CCC(N)c1ccc(OCC(F)(F)C(F)F)cn1. The minimum Gasteiger partial charge on any atom is -0.485 e. The van der Waals surface area contributed by atoms with Crippen molar-refractivity contribution in [3.05, 3.63) is 24.0 Å². The summed E-state index contributed by atoms with van der Waals surface area (Å²) in [5, 5.41) is 0. The quantitative estimate of drug-likeness (QED) is 0.805. The Balaban J connectivity index is 2.59. The van der Waals surface area contributed by atoms with Crippen LogP contribution in [0.4, 0.5) is 17.6 Å². The van der Waals surface area contributed by atoms with Crippen molar-refractivity contribution in [1.29, 1.82) is 0 Å². The van der Waals surface area contributed by atoms with E-state index in [-0.39, 0.29) is 11.8 Å². The molecule has 0 spiro atoms. The standard InChI is InChI=1S/C11H14F4N2O/c1-2-8(16)9-4-3-7(5-17-9)18-6-11(14,15)10(12)13/h3-5,8,10H,2,6,16H2,1H3. The second-order valence-corrected chi connectivity index (χ2v) is 3.78. The summed E-state index contributed by atoms with van der Waals surface area (Å²) < 4.78 is 53.5. The molecule has 102 valence electrons. The molecule has 2 N–H and O–H groups in total. The molecule has 0 amide bonds. The number of nitrogens with two attached hydrogens (primary N) is 1. The van der Waals surface area contributed by atoms with Gasteiger partial charge in [0.15, 0.2) is 6.61 Å². The van der Waals surface area contributed by atoms with Gasteiger partial charge in [-0.05, 0) is 18.6 Å². The first-order chi connectivity index (χ1) is 8.36. The third-order valence-corrected chi connectivity index (χ3v) is 2.33. The van der Waals surface area contributed by atoms with Crippen LogP contribution in [0.1, 0.15) is 25.1 Å². The van der Waals surface area contributed by atoms with Crippen molar-refractivity contribution in [3.8, 4) is 5.75 Å². The van der Waals surface area contributed by atoms with Crippen LogP contribution in [-0.2, 0) is 0 Å². The maximum atomic E-state index is 12.6. The van der Waals surface area contributed by atoms with Crippen LogP contribution in [0.25, 0.3) is 0 Å². The van der Waals surface area contributed by atoms with Gasteiger partial charge in [-0.15, -0.1) is 0 Å². The highest BCUT2D eigenvalue weighted by atomic mass is 19.3. The smallest absolute Gasteiger partial charge is 0.340 e. The summed E-state index contributed by atoms with van der Waals surface area (Å²) in [7, 11) is 0. The van der Waals surface area contributed by atoms with Crippen molar-refractivity contribution < 1.29 is 22.3 Å². The lowest BCUT2D eigenvalue weighted by Crippen LogP contribution is -2.33. The van der Waals surface area contributed by atoms with E-state index in [1.807, 2.05) is 6.92 Å². The molecule has 7 heteroatoms. The van der Waals surface area contributed by atoms with E-state index < -0.39 is 19.0 Å². The zero-order valence-electron chi connectivity index (χ0n) is 9.75. The molecule has 0 bridgehead atoms. The van der Waals surface area contributed by atoms with Crippen LogP contribution in [0.2, 0.25) is 0 Å². The summed E-state index contributed by atoms with van der Waals surface area (Å²) in [4.78, 5) is 3.91. The van der Waals surface area contributed by atoms with Gasteiger partial charge in [0.1, 0.15) is 5.75 Å². The summed E-state index contributed by atoms with van der Waals surface area (Å²) in [6, 6.07) is 2.64. The van der Waals surface area contributed by atoms with Crippen LogP contribution in [0, 0.1) is 0 Å². The van der Waals surface area contributed by atoms with Crippen molar-refractivity contribution in [2.45, 2.75) is 31.7 Å². The van der Waals surface area contributed by atoms with Crippen molar-refractivity contribution in [2.24, 2.45) is 5.73 Å². The number of nitrogens with zero attached hydrogens (tertiary/aromatic N) is 1. The Morgan fingerprint density at radius 3 is 2.50 bits per heavy atom. The van der Waals surface area contributed by atoms with Crippen LogP contribution in [-0.4, -0.2) is 23.9 Å². The molecule has 0 aromatic carbocycles. The fraction of sp³-hybridized carbons (Fsp3) is 0.545. The van der Waals surface area contributed by atoms with Crippen molar-refractivity contribution in [1.82, 2.24) is 4.98 Å². The second-order valence-electron chi connectivity index (χ2n) is 3.78. The van der Waals surface area contributed by atoms with E-state index in [0.29, 0.717) is 12.1 Å². The molecule has 1 aromatic heterocycles. The minimum absolute atomic E-state index is 0.00220. The predicted octanol–water partition coefficient (Wildman–Crippen LogP) is 2.77. The fourth-order valence-electron chi connectivity index (χ4n) is 1.15. The molecule has 1 atom stereocenters. The van der Waals surface area contributed by atoms with Gasteiger partial charge in [0.2, 0.25) is 0 Å². The molecule has 0 aliphatic heterocycles. The van der Waals surface area contributed by atoms with Gasteiger partial charge in [-0.1, -0.05) is 6.92 Å². The van der Waals surface area contributed by atoms with Crippen LogP contribution in [0.15, 0.2) is 18.3 Å². The number of hydrogen-bond donors (Lipinski definition) is 1. The average Bonchev–Trinajstić information content (AvgIpc) is 2.36. The lowest BCUT2D eigenvalue weighted by atomic mass is 10.1. The molecular weight excluding hydrogens is 252 g/mol. The Morgan fingerprint density at radius 1 is 1.39 bits per heavy atom. The van der Waals surface area contributed by atoms with E-state index in [1.54, 1.807) is 0 Å². The predicted molar refractivity (Wildman–Crippen MR) is 57.9 cm³/mol. The number of pyridine rings is 1. The Bertz CT molecular complexity index is 370. The van der Waals surface area contributed by atoms with Crippen LogP contribution in [0.3, 0.4) is 0 Å². The maximum Gasteiger partial charge on any atom is 0.340 e. The van der Waals surface area contributed by atoms with Crippen molar-refractivity contribution in [2.75, 3.05) is 6.61 Å². The molecular formula is C11H14F4N2O. The highest BCUT2D eigenvalue weighted by Crippen LogP contribution is 2.24. The Kier molecular flexibility index (Phi) is 4.89. The Labute approximate surface area is 102 Å². The van der Waals surface area contributed by atoms with E-state index in [1.165, 1.54) is 18.3 Å². The molecule has 1 heterocycles. The molecule has 0 fully saturated rings. The summed E-state index contributed by atoms with van der Waals surface area (Å²) in [6.07, 6.45) is -1.89. The van der Waals surface area contributed by atoms with E-state index in [2.05, 4.69) is 9.72 Å². The van der Waals surface area contributed by atoms with Gasteiger partial charge in [0, 0.05) is 6.04 Å². The lowest BCUT2D eigenvalue weighted by Gasteiger charge is -2.16. The van der Waals surface area contributed by atoms with E-state index >= 15 is 0 Å².